The van der Waals surface area contributed by atoms with Crippen molar-refractivity contribution in [3.8, 4) is 0 Å². The lowest BCUT2D eigenvalue weighted by Gasteiger charge is -2.09. The van der Waals surface area contributed by atoms with E-state index in [0.717, 1.165) is 4.90 Å². The van der Waals surface area contributed by atoms with Crippen LogP contribution in [0.4, 0.5) is 0 Å². The Kier molecular flexibility index (Phi) is 7.93. The number of hydrogen-bond acceptors (Lipinski definition) is 3. The summed E-state index contributed by atoms with van der Waals surface area (Å²) in [6, 6.07) is 5.13. The van der Waals surface area contributed by atoms with Crippen molar-refractivity contribution in [2.45, 2.75) is 18.7 Å². The van der Waals surface area contributed by atoms with Crippen molar-refractivity contribution < 1.29 is 9.59 Å². The van der Waals surface area contributed by atoms with Gasteiger partial charge in [0.15, 0.2) is 0 Å². The minimum atomic E-state index is -0.116. The minimum Gasteiger partial charge on any atom is -0.354 e. The number of halogens is 2. The Morgan fingerprint density at radius 2 is 1.86 bits per heavy atom. The van der Waals surface area contributed by atoms with Crippen LogP contribution in [0, 0.1) is 5.92 Å². The summed E-state index contributed by atoms with van der Waals surface area (Å²) in [6.07, 6.45) is 0. The molecule has 0 aliphatic heterocycles. The summed E-state index contributed by atoms with van der Waals surface area (Å²) in [5, 5.41) is 6.61. The number of carbonyl (C=O) groups excluding carboxylic acids is 2. The topological polar surface area (TPSA) is 58.2 Å². The molecule has 0 aromatic heterocycles. The molecule has 0 unspecified atom stereocenters. The molecule has 4 nitrogen and oxygen atoms in total. The lowest BCUT2D eigenvalue weighted by atomic mass is 10.2. The number of thioether (sulfide) groups is 1. The van der Waals surface area contributed by atoms with Crippen molar-refractivity contribution in [1.82, 2.24) is 10.6 Å². The fraction of sp³-hybridized carbons (Fsp3) is 0.429. The van der Waals surface area contributed by atoms with E-state index in [0.29, 0.717) is 23.1 Å². The highest BCUT2D eigenvalue weighted by molar-refractivity contribution is 8.00. The molecule has 0 heterocycles. The lowest BCUT2D eigenvalue weighted by Crippen LogP contribution is -2.36. The third-order valence-electron chi connectivity index (χ3n) is 2.52. The van der Waals surface area contributed by atoms with Crippen LogP contribution in [0.3, 0.4) is 0 Å². The summed E-state index contributed by atoms with van der Waals surface area (Å²) in [6.45, 7) is 4.46. The number of benzene rings is 1. The molecular weight excluding hydrogens is 331 g/mol. The van der Waals surface area contributed by atoms with Crippen molar-refractivity contribution in [2.24, 2.45) is 5.92 Å². The molecule has 0 spiro atoms. The van der Waals surface area contributed by atoms with Gasteiger partial charge in [-0.25, -0.2) is 0 Å². The summed E-state index contributed by atoms with van der Waals surface area (Å²) in [4.78, 5) is 23.8. The van der Waals surface area contributed by atoms with Gasteiger partial charge in [-0.3, -0.25) is 9.59 Å². The predicted octanol–water partition coefficient (Wildman–Crippen LogP) is 2.97. The average molecular weight is 349 g/mol. The molecule has 0 fully saturated rings. The van der Waals surface area contributed by atoms with Crippen LogP contribution in [0.5, 0.6) is 0 Å². The van der Waals surface area contributed by atoms with Crippen LogP contribution in [-0.2, 0) is 9.59 Å². The summed E-state index contributed by atoms with van der Waals surface area (Å²) >= 11 is 13.2. The van der Waals surface area contributed by atoms with E-state index in [1.807, 2.05) is 13.8 Å². The summed E-state index contributed by atoms with van der Waals surface area (Å²) in [7, 11) is 0. The molecule has 0 bridgehead atoms. The quantitative estimate of drug-likeness (QED) is 0.588. The number of amides is 2. The highest BCUT2D eigenvalue weighted by Crippen LogP contribution is 2.29. The Morgan fingerprint density at radius 1 is 1.19 bits per heavy atom. The van der Waals surface area contributed by atoms with E-state index in [-0.39, 0.29) is 23.5 Å². The second-order valence-electron chi connectivity index (χ2n) is 4.66. The van der Waals surface area contributed by atoms with Gasteiger partial charge in [-0.15, -0.1) is 11.8 Å². The van der Waals surface area contributed by atoms with Crippen LogP contribution in [0.2, 0.25) is 10.0 Å². The van der Waals surface area contributed by atoms with Crippen molar-refractivity contribution in [3.05, 3.63) is 28.2 Å². The van der Waals surface area contributed by atoms with Gasteiger partial charge in [-0.2, -0.15) is 0 Å². The summed E-state index contributed by atoms with van der Waals surface area (Å²) in [5.41, 5.74) is 0. The Labute approximate surface area is 139 Å². The maximum absolute atomic E-state index is 11.7. The summed E-state index contributed by atoms with van der Waals surface area (Å²) in [5.74, 6) is 0.0541. The second kappa shape index (κ2) is 9.18. The van der Waals surface area contributed by atoms with E-state index in [1.54, 1.807) is 18.2 Å². The SMILES string of the molecule is CC(C)C(=O)NCCNC(=O)CSc1cc(Cl)ccc1Cl. The first-order valence-corrected chi connectivity index (χ1v) is 8.26. The molecule has 1 aromatic carbocycles. The van der Waals surface area contributed by atoms with Crippen LogP contribution in [0.1, 0.15) is 13.8 Å². The highest BCUT2D eigenvalue weighted by atomic mass is 35.5. The Morgan fingerprint density at radius 3 is 2.52 bits per heavy atom. The van der Waals surface area contributed by atoms with Crippen molar-refractivity contribution in [2.75, 3.05) is 18.8 Å². The molecule has 0 radical (unpaired) electrons. The van der Waals surface area contributed by atoms with Gasteiger partial charge in [0, 0.05) is 28.9 Å². The lowest BCUT2D eigenvalue weighted by molar-refractivity contribution is -0.124. The third-order valence-corrected chi connectivity index (χ3v) is 4.25. The highest BCUT2D eigenvalue weighted by Gasteiger charge is 2.08. The van der Waals surface area contributed by atoms with E-state index in [9.17, 15) is 9.59 Å². The largest absolute Gasteiger partial charge is 0.354 e. The zero-order chi connectivity index (χ0) is 15.8. The Balaban J connectivity index is 2.25. The van der Waals surface area contributed by atoms with Crippen LogP contribution < -0.4 is 10.6 Å². The first kappa shape index (κ1) is 18.1. The molecule has 0 saturated carbocycles. The second-order valence-corrected chi connectivity index (χ2v) is 6.52. The van der Waals surface area contributed by atoms with E-state index in [4.69, 9.17) is 23.2 Å². The molecule has 2 amide bonds. The van der Waals surface area contributed by atoms with Gasteiger partial charge in [-0.05, 0) is 18.2 Å². The molecule has 0 atom stereocenters. The average Bonchev–Trinajstić information content (AvgIpc) is 2.44. The van der Waals surface area contributed by atoms with Gasteiger partial charge in [-0.1, -0.05) is 37.0 Å². The number of rotatable bonds is 7. The predicted molar refractivity (Wildman–Crippen MR) is 88.0 cm³/mol. The van der Waals surface area contributed by atoms with Gasteiger partial charge in [0.1, 0.15) is 0 Å². The maximum Gasteiger partial charge on any atom is 0.230 e. The molecule has 116 valence electrons. The molecule has 0 saturated heterocycles. The first-order valence-electron chi connectivity index (χ1n) is 6.52. The molecule has 2 N–H and O–H groups in total. The van der Waals surface area contributed by atoms with Crippen LogP contribution in [0.15, 0.2) is 23.1 Å². The van der Waals surface area contributed by atoms with Gasteiger partial charge < -0.3 is 10.6 Å². The maximum atomic E-state index is 11.7. The monoisotopic (exact) mass is 348 g/mol. The van der Waals surface area contributed by atoms with Crippen molar-refractivity contribution >= 4 is 46.8 Å². The smallest absolute Gasteiger partial charge is 0.230 e. The van der Waals surface area contributed by atoms with Crippen molar-refractivity contribution in [3.63, 3.8) is 0 Å². The van der Waals surface area contributed by atoms with E-state index in [1.165, 1.54) is 11.8 Å². The molecule has 1 aromatic rings. The van der Waals surface area contributed by atoms with Crippen LogP contribution >= 0.6 is 35.0 Å². The number of nitrogens with one attached hydrogen (secondary N) is 2. The van der Waals surface area contributed by atoms with Crippen LogP contribution in [-0.4, -0.2) is 30.7 Å². The van der Waals surface area contributed by atoms with E-state index >= 15 is 0 Å². The van der Waals surface area contributed by atoms with Gasteiger partial charge in [0.25, 0.3) is 0 Å². The van der Waals surface area contributed by atoms with Crippen LogP contribution in [0.25, 0.3) is 0 Å². The van der Waals surface area contributed by atoms with Gasteiger partial charge in [0.05, 0.1) is 10.8 Å². The zero-order valence-corrected chi connectivity index (χ0v) is 14.2. The zero-order valence-electron chi connectivity index (χ0n) is 11.9. The van der Waals surface area contributed by atoms with Gasteiger partial charge >= 0.3 is 0 Å². The van der Waals surface area contributed by atoms with E-state index in [2.05, 4.69) is 10.6 Å². The number of carbonyl (C=O) groups is 2. The molecule has 21 heavy (non-hydrogen) atoms. The summed E-state index contributed by atoms with van der Waals surface area (Å²) < 4.78 is 0. The molecular formula is C14H18Cl2N2O2S. The normalized spacial score (nSPS) is 10.5. The van der Waals surface area contributed by atoms with Crippen molar-refractivity contribution in [1.29, 1.82) is 0 Å². The molecule has 7 heteroatoms. The number of hydrogen-bond donors (Lipinski definition) is 2. The fourth-order valence-electron chi connectivity index (χ4n) is 1.37. The molecule has 0 aliphatic carbocycles. The Hall–Kier alpha value is -0.910. The molecule has 1 rings (SSSR count). The fourth-order valence-corrected chi connectivity index (χ4v) is 2.70. The first-order chi connectivity index (χ1) is 9.90. The standard InChI is InChI=1S/C14H18Cl2N2O2S/c1-9(2)14(20)18-6-5-17-13(19)8-21-12-7-10(15)3-4-11(12)16/h3-4,7,9H,5-6,8H2,1-2H3,(H,17,19)(H,18,20). The minimum absolute atomic E-state index is 0.0238. The third kappa shape index (κ3) is 7.07. The Bertz CT molecular complexity index is 510. The molecule has 0 aliphatic rings. The van der Waals surface area contributed by atoms with E-state index < -0.39 is 0 Å². The van der Waals surface area contributed by atoms with Gasteiger partial charge in [0.2, 0.25) is 11.8 Å².